The maximum Gasteiger partial charge on any atom is 0.227 e. The van der Waals surface area contributed by atoms with Gasteiger partial charge in [0.2, 0.25) is 11.8 Å². The van der Waals surface area contributed by atoms with Crippen LogP contribution in [0.4, 0.5) is 11.4 Å². The fourth-order valence-electron chi connectivity index (χ4n) is 3.28. The second-order valence-corrected chi connectivity index (χ2v) is 6.55. The van der Waals surface area contributed by atoms with E-state index in [1.807, 2.05) is 45.0 Å². The maximum atomic E-state index is 12.2. The van der Waals surface area contributed by atoms with Gasteiger partial charge in [0.25, 0.3) is 0 Å². The van der Waals surface area contributed by atoms with Crippen LogP contribution in [0.25, 0.3) is 0 Å². The van der Waals surface area contributed by atoms with Crippen LogP contribution in [0, 0.1) is 13.8 Å². The summed E-state index contributed by atoms with van der Waals surface area (Å²) in [5.41, 5.74) is 3.35. The minimum absolute atomic E-state index is 0.0713. The molecule has 1 fully saturated rings. The summed E-state index contributed by atoms with van der Waals surface area (Å²) in [5, 5.41) is 6.81. The zero-order chi connectivity index (χ0) is 18.0. The van der Waals surface area contributed by atoms with Crippen LogP contribution >= 0.6 is 0 Å². The van der Waals surface area contributed by atoms with Gasteiger partial charge in [-0.15, -0.1) is 0 Å². The number of anilines is 2. The van der Waals surface area contributed by atoms with E-state index in [1.54, 1.807) is 4.90 Å². The average Bonchev–Trinajstić information content (AvgIpc) is 3.07. The van der Waals surface area contributed by atoms with Gasteiger partial charge in [-0.2, -0.15) is 0 Å². The normalized spacial score (nSPS) is 17.2. The Morgan fingerprint density at radius 1 is 1.40 bits per heavy atom. The second kappa shape index (κ2) is 7.09. The Labute approximate surface area is 147 Å². The molecule has 1 aliphatic rings. The fourth-order valence-corrected chi connectivity index (χ4v) is 3.28. The number of carbonyl (C=O) groups is 2. The number of hydrogen-bond donors (Lipinski definition) is 1. The number of hydrogen-bond acceptors (Lipinski definition) is 4. The average molecular weight is 341 g/mol. The molecule has 1 aliphatic heterocycles. The van der Waals surface area contributed by atoms with Crippen LogP contribution in [-0.4, -0.2) is 23.0 Å². The highest BCUT2D eigenvalue weighted by Gasteiger charge is 2.28. The van der Waals surface area contributed by atoms with Crippen molar-refractivity contribution in [3.05, 3.63) is 41.3 Å². The molecule has 0 saturated carbocycles. The highest BCUT2D eigenvalue weighted by molar-refractivity contribution is 5.97. The molecule has 2 heterocycles. The SMILES string of the molecule is Cc1noc(C)c1CCC(=O)Nc1cccc(N2C(=O)CCC2C)c1. The van der Waals surface area contributed by atoms with Crippen LogP contribution in [0.15, 0.2) is 28.8 Å². The lowest BCUT2D eigenvalue weighted by Crippen LogP contribution is -2.30. The Balaban J connectivity index is 1.64. The summed E-state index contributed by atoms with van der Waals surface area (Å²) in [5.74, 6) is 0.821. The molecule has 0 aliphatic carbocycles. The van der Waals surface area contributed by atoms with Crippen LogP contribution in [0.1, 0.15) is 43.2 Å². The van der Waals surface area contributed by atoms with Gasteiger partial charge in [0.05, 0.1) is 5.69 Å². The quantitative estimate of drug-likeness (QED) is 0.904. The number of amides is 2. The third-order valence-corrected chi connectivity index (χ3v) is 4.68. The van der Waals surface area contributed by atoms with E-state index in [1.165, 1.54) is 0 Å². The summed E-state index contributed by atoms with van der Waals surface area (Å²) < 4.78 is 5.12. The molecule has 132 valence electrons. The van der Waals surface area contributed by atoms with E-state index in [2.05, 4.69) is 10.5 Å². The molecule has 2 amide bonds. The molecular formula is C19H23N3O3. The predicted octanol–water partition coefficient (Wildman–Crippen LogP) is 3.38. The van der Waals surface area contributed by atoms with E-state index in [0.29, 0.717) is 24.9 Å². The van der Waals surface area contributed by atoms with Crippen LogP contribution in [0.3, 0.4) is 0 Å². The lowest BCUT2D eigenvalue weighted by molar-refractivity contribution is -0.117. The van der Waals surface area contributed by atoms with Crippen LogP contribution < -0.4 is 10.2 Å². The van der Waals surface area contributed by atoms with Crippen molar-refractivity contribution in [3.8, 4) is 0 Å². The Morgan fingerprint density at radius 3 is 2.84 bits per heavy atom. The first-order chi connectivity index (χ1) is 12.0. The Kier molecular flexibility index (Phi) is 4.88. The van der Waals surface area contributed by atoms with E-state index in [0.717, 1.165) is 29.1 Å². The van der Waals surface area contributed by atoms with Gasteiger partial charge < -0.3 is 14.7 Å². The smallest absolute Gasteiger partial charge is 0.227 e. The predicted molar refractivity (Wildman–Crippen MR) is 95.6 cm³/mol. The molecule has 1 saturated heterocycles. The number of carbonyl (C=O) groups excluding carboxylic acids is 2. The number of nitrogens with one attached hydrogen (secondary N) is 1. The van der Waals surface area contributed by atoms with Gasteiger partial charge in [-0.25, -0.2) is 0 Å². The monoisotopic (exact) mass is 341 g/mol. The Morgan fingerprint density at radius 2 is 2.20 bits per heavy atom. The van der Waals surface area contributed by atoms with Crippen molar-refractivity contribution in [1.82, 2.24) is 5.16 Å². The molecule has 0 spiro atoms. The minimum atomic E-state index is -0.0713. The standard InChI is InChI=1S/C19H23N3O3/c1-12-7-10-19(24)22(12)16-6-4-5-15(11-16)20-18(23)9-8-17-13(2)21-25-14(17)3/h4-6,11-12H,7-10H2,1-3H3,(H,20,23). The van der Waals surface area contributed by atoms with Gasteiger partial charge in [-0.3, -0.25) is 9.59 Å². The molecule has 0 radical (unpaired) electrons. The van der Waals surface area contributed by atoms with Crippen LogP contribution in [-0.2, 0) is 16.0 Å². The second-order valence-electron chi connectivity index (χ2n) is 6.55. The third kappa shape index (κ3) is 3.73. The maximum absolute atomic E-state index is 12.2. The third-order valence-electron chi connectivity index (χ3n) is 4.68. The number of aromatic nitrogens is 1. The topological polar surface area (TPSA) is 75.4 Å². The number of benzene rings is 1. The van der Waals surface area contributed by atoms with Crippen molar-refractivity contribution in [2.75, 3.05) is 10.2 Å². The number of aryl methyl sites for hydroxylation is 2. The van der Waals surface area contributed by atoms with Gasteiger partial charge in [-0.05, 0) is 51.8 Å². The molecule has 2 aromatic rings. The fraction of sp³-hybridized carbons (Fsp3) is 0.421. The lowest BCUT2D eigenvalue weighted by Gasteiger charge is -2.22. The van der Waals surface area contributed by atoms with Crippen molar-refractivity contribution < 1.29 is 14.1 Å². The van der Waals surface area contributed by atoms with Crippen molar-refractivity contribution >= 4 is 23.2 Å². The van der Waals surface area contributed by atoms with E-state index in [4.69, 9.17) is 4.52 Å². The summed E-state index contributed by atoms with van der Waals surface area (Å²) in [6, 6.07) is 7.64. The van der Waals surface area contributed by atoms with Gasteiger partial charge in [0.1, 0.15) is 5.76 Å². The molecule has 3 rings (SSSR count). The Bertz CT molecular complexity index is 777. The first-order valence-electron chi connectivity index (χ1n) is 8.59. The molecular weight excluding hydrogens is 318 g/mol. The summed E-state index contributed by atoms with van der Waals surface area (Å²) in [7, 11) is 0. The molecule has 6 nitrogen and oxygen atoms in total. The summed E-state index contributed by atoms with van der Waals surface area (Å²) in [4.78, 5) is 26.1. The Hall–Kier alpha value is -2.63. The van der Waals surface area contributed by atoms with E-state index >= 15 is 0 Å². The van der Waals surface area contributed by atoms with Gasteiger partial charge in [0.15, 0.2) is 0 Å². The highest BCUT2D eigenvalue weighted by atomic mass is 16.5. The lowest BCUT2D eigenvalue weighted by atomic mass is 10.1. The van der Waals surface area contributed by atoms with E-state index in [9.17, 15) is 9.59 Å². The highest BCUT2D eigenvalue weighted by Crippen LogP contribution is 2.28. The van der Waals surface area contributed by atoms with Crippen molar-refractivity contribution in [2.45, 2.75) is 52.5 Å². The summed E-state index contributed by atoms with van der Waals surface area (Å²) >= 11 is 0. The van der Waals surface area contributed by atoms with Crippen LogP contribution in [0.5, 0.6) is 0 Å². The van der Waals surface area contributed by atoms with Gasteiger partial charge >= 0.3 is 0 Å². The molecule has 1 atom stereocenters. The molecule has 6 heteroatoms. The molecule has 0 bridgehead atoms. The first kappa shape index (κ1) is 17.2. The first-order valence-corrected chi connectivity index (χ1v) is 8.59. The van der Waals surface area contributed by atoms with Crippen molar-refractivity contribution in [3.63, 3.8) is 0 Å². The van der Waals surface area contributed by atoms with Gasteiger partial charge in [0, 0.05) is 35.8 Å². The number of nitrogens with zero attached hydrogens (tertiary/aromatic N) is 2. The molecule has 25 heavy (non-hydrogen) atoms. The molecule has 1 N–H and O–H groups in total. The number of rotatable bonds is 5. The van der Waals surface area contributed by atoms with E-state index in [-0.39, 0.29) is 17.9 Å². The zero-order valence-electron chi connectivity index (χ0n) is 14.8. The van der Waals surface area contributed by atoms with E-state index < -0.39 is 0 Å². The van der Waals surface area contributed by atoms with Gasteiger partial charge in [-0.1, -0.05) is 11.2 Å². The molecule has 1 aromatic carbocycles. The summed E-state index contributed by atoms with van der Waals surface area (Å²) in [6.07, 6.45) is 2.39. The zero-order valence-corrected chi connectivity index (χ0v) is 14.8. The molecule has 1 aromatic heterocycles. The van der Waals surface area contributed by atoms with Crippen molar-refractivity contribution in [1.29, 1.82) is 0 Å². The van der Waals surface area contributed by atoms with Crippen LogP contribution in [0.2, 0.25) is 0 Å². The summed E-state index contributed by atoms with van der Waals surface area (Å²) in [6.45, 7) is 5.77. The van der Waals surface area contributed by atoms with Crippen molar-refractivity contribution in [2.24, 2.45) is 0 Å². The minimum Gasteiger partial charge on any atom is -0.361 e. The molecule has 1 unspecified atom stereocenters. The largest absolute Gasteiger partial charge is 0.361 e.